The number of rotatable bonds is 7. The van der Waals surface area contributed by atoms with E-state index in [4.69, 9.17) is 9.84 Å². The Hall–Kier alpha value is -0.610. The highest BCUT2D eigenvalue weighted by molar-refractivity contribution is 5.73. The van der Waals surface area contributed by atoms with Gasteiger partial charge in [0.1, 0.15) is 6.04 Å². The molecule has 0 bridgehead atoms. The molecular formula is C13H25NO3. The topological polar surface area (TPSA) is 58.6 Å². The molecule has 0 aliphatic heterocycles. The molecule has 1 fully saturated rings. The van der Waals surface area contributed by atoms with Crippen molar-refractivity contribution in [1.29, 1.82) is 0 Å². The number of carbonyl (C=O) groups is 1. The standard InChI is InChI=1S/C13H25NO3/c1-5-7-9(12(15)16)14-10-8-11(17-6-2)13(10,3)4/h9-11,14H,5-8H2,1-4H3,(H,15,16). The van der Waals surface area contributed by atoms with E-state index < -0.39 is 12.0 Å². The lowest BCUT2D eigenvalue weighted by atomic mass is 9.64. The third-order valence-corrected chi connectivity index (χ3v) is 3.82. The molecule has 2 N–H and O–H groups in total. The van der Waals surface area contributed by atoms with E-state index in [1.807, 2.05) is 13.8 Å². The first-order chi connectivity index (χ1) is 7.93. The summed E-state index contributed by atoms with van der Waals surface area (Å²) >= 11 is 0. The monoisotopic (exact) mass is 243 g/mol. The van der Waals surface area contributed by atoms with Gasteiger partial charge in [0, 0.05) is 18.1 Å². The molecule has 0 aromatic heterocycles. The summed E-state index contributed by atoms with van der Waals surface area (Å²) in [4.78, 5) is 11.1. The first-order valence-electron chi connectivity index (χ1n) is 6.53. The van der Waals surface area contributed by atoms with E-state index in [0.29, 0.717) is 6.42 Å². The number of ether oxygens (including phenoxy) is 1. The third-order valence-electron chi connectivity index (χ3n) is 3.82. The van der Waals surface area contributed by atoms with Crippen molar-refractivity contribution in [2.75, 3.05) is 6.61 Å². The number of carboxylic acids is 1. The maximum atomic E-state index is 11.1. The summed E-state index contributed by atoms with van der Waals surface area (Å²) in [6, 6.07) is -0.182. The number of carboxylic acid groups (broad SMARTS) is 1. The zero-order chi connectivity index (χ0) is 13.1. The lowest BCUT2D eigenvalue weighted by Gasteiger charge is -2.52. The molecular weight excluding hydrogens is 218 g/mol. The quantitative estimate of drug-likeness (QED) is 0.718. The lowest BCUT2D eigenvalue weighted by Crippen LogP contribution is -2.63. The summed E-state index contributed by atoms with van der Waals surface area (Å²) in [5.74, 6) is -0.748. The molecule has 100 valence electrons. The zero-order valence-electron chi connectivity index (χ0n) is 11.3. The van der Waals surface area contributed by atoms with Gasteiger partial charge in [-0.2, -0.15) is 0 Å². The van der Waals surface area contributed by atoms with Crippen molar-refractivity contribution < 1.29 is 14.6 Å². The van der Waals surface area contributed by atoms with Crippen molar-refractivity contribution in [1.82, 2.24) is 5.32 Å². The van der Waals surface area contributed by atoms with Gasteiger partial charge in [0.05, 0.1) is 6.10 Å². The van der Waals surface area contributed by atoms with Gasteiger partial charge in [-0.3, -0.25) is 4.79 Å². The van der Waals surface area contributed by atoms with Crippen LogP contribution in [0.2, 0.25) is 0 Å². The Bertz CT molecular complexity index is 265. The Morgan fingerprint density at radius 3 is 2.59 bits per heavy atom. The van der Waals surface area contributed by atoms with E-state index in [1.165, 1.54) is 0 Å². The molecule has 1 aliphatic carbocycles. The van der Waals surface area contributed by atoms with E-state index >= 15 is 0 Å². The summed E-state index contributed by atoms with van der Waals surface area (Å²) in [7, 11) is 0. The molecule has 0 heterocycles. The SMILES string of the molecule is CCCC(NC1CC(OCC)C1(C)C)C(=O)O. The van der Waals surface area contributed by atoms with Crippen LogP contribution in [0.5, 0.6) is 0 Å². The minimum atomic E-state index is -0.748. The van der Waals surface area contributed by atoms with Gasteiger partial charge < -0.3 is 15.2 Å². The predicted molar refractivity (Wildman–Crippen MR) is 67.1 cm³/mol. The Morgan fingerprint density at radius 2 is 2.18 bits per heavy atom. The van der Waals surface area contributed by atoms with Crippen molar-refractivity contribution in [3.63, 3.8) is 0 Å². The molecule has 3 unspecified atom stereocenters. The fourth-order valence-corrected chi connectivity index (χ4v) is 2.46. The second kappa shape index (κ2) is 5.83. The molecule has 0 aromatic carbocycles. The van der Waals surface area contributed by atoms with Crippen LogP contribution in [0.25, 0.3) is 0 Å². The van der Waals surface area contributed by atoms with Gasteiger partial charge in [0.25, 0.3) is 0 Å². The fraction of sp³-hybridized carbons (Fsp3) is 0.923. The number of nitrogens with one attached hydrogen (secondary N) is 1. The van der Waals surface area contributed by atoms with E-state index in [-0.39, 0.29) is 17.6 Å². The highest BCUT2D eigenvalue weighted by Gasteiger charge is 2.49. The van der Waals surface area contributed by atoms with Gasteiger partial charge in [0.15, 0.2) is 0 Å². The van der Waals surface area contributed by atoms with Crippen molar-refractivity contribution in [3.05, 3.63) is 0 Å². The Balaban J connectivity index is 2.50. The maximum absolute atomic E-state index is 11.1. The van der Waals surface area contributed by atoms with Crippen molar-refractivity contribution in [2.24, 2.45) is 5.41 Å². The minimum Gasteiger partial charge on any atom is -0.480 e. The summed E-state index contributed by atoms with van der Waals surface area (Å²) in [5, 5.41) is 12.4. The molecule has 0 saturated heterocycles. The average molecular weight is 243 g/mol. The van der Waals surface area contributed by atoms with Gasteiger partial charge in [-0.15, -0.1) is 0 Å². The van der Waals surface area contributed by atoms with Crippen LogP contribution in [-0.2, 0) is 9.53 Å². The molecule has 1 aliphatic rings. The van der Waals surface area contributed by atoms with Crippen molar-refractivity contribution in [2.45, 2.75) is 65.1 Å². The predicted octanol–water partition coefficient (Wildman–Crippen LogP) is 2.03. The minimum absolute atomic E-state index is 0.0252. The van der Waals surface area contributed by atoms with Crippen LogP contribution >= 0.6 is 0 Å². The summed E-state index contributed by atoms with van der Waals surface area (Å²) in [6.45, 7) is 9.00. The Labute approximate surface area is 104 Å². The normalized spacial score (nSPS) is 28.5. The van der Waals surface area contributed by atoms with Gasteiger partial charge in [-0.1, -0.05) is 27.2 Å². The number of hydrogen-bond acceptors (Lipinski definition) is 3. The number of hydrogen-bond donors (Lipinski definition) is 2. The van der Waals surface area contributed by atoms with Crippen molar-refractivity contribution in [3.8, 4) is 0 Å². The maximum Gasteiger partial charge on any atom is 0.320 e. The van der Waals surface area contributed by atoms with Crippen LogP contribution in [0.4, 0.5) is 0 Å². The Morgan fingerprint density at radius 1 is 1.53 bits per heavy atom. The number of aliphatic carboxylic acids is 1. The smallest absolute Gasteiger partial charge is 0.320 e. The highest BCUT2D eigenvalue weighted by atomic mass is 16.5. The van der Waals surface area contributed by atoms with Gasteiger partial charge in [-0.05, 0) is 19.8 Å². The third kappa shape index (κ3) is 3.19. The summed E-state index contributed by atoms with van der Waals surface area (Å²) < 4.78 is 5.64. The molecule has 4 heteroatoms. The highest BCUT2D eigenvalue weighted by Crippen LogP contribution is 2.43. The zero-order valence-corrected chi connectivity index (χ0v) is 11.3. The Kier molecular flexibility index (Phi) is 4.95. The van der Waals surface area contributed by atoms with Crippen LogP contribution in [0.1, 0.15) is 47.0 Å². The van der Waals surface area contributed by atoms with E-state index in [2.05, 4.69) is 19.2 Å². The van der Waals surface area contributed by atoms with Crippen LogP contribution in [0, 0.1) is 5.41 Å². The molecule has 0 spiro atoms. The lowest BCUT2D eigenvalue weighted by molar-refractivity contribution is -0.144. The second-order valence-corrected chi connectivity index (χ2v) is 5.40. The van der Waals surface area contributed by atoms with Gasteiger partial charge in [-0.25, -0.2) is 0 Å². The van der Waals surface area contributed by atoms with Crippen LogP contribution in [0.15, 0.2) is 0 Å². The van der Waals surface area contributed by atoms with Crippen LogP contribution in [0.3, 0.4) is 0 Å². The molecule has 3 atom stereocenters. The molecule has 0 aromatic rings. The van der Waals surface area contributed by atoms with E-state index in [0.717, 1.165) is 19.4 Å². The van der Waals surface area contributed by atoms with Gasteiger partial charge >= 0.3 is 5.97 Å². The molecule has 1 rings (SSSR count). The molecule has 1 saturated carbocycles. The molecule has 4 nitrogen and oxygen atoms in total. The van der Waals surface area contributed by atoms with Gasteiger partial charge in [0.2, 0.25) is 0 Å². The largest absolute Gasteiger partial charge is 0.480 e. The van der Waals surface area contributed by atoms with Crippen molar-refractivity contribution >= 4 is 5.97 Å². The first kappa shape index (κ1) is 14.5. The van der Waals surface area contributed by atoms with Crippen LogP contribution < -0.4 is 5.32 Å². The molecule has 0 radical (unpaired) electrons. The summed E-state index contributed by atoms with van der Waals surface area (Å²) in [5.41, 5.74) is 0.0252. The molecule has 0 amide bonds. The second-order valence-electron chi connectivity index (χ2n) is 5.40. The average Bonchev–Trinajstić information content (AvgIpc) is 2.26. The fourth-order valence-electron chi connectivity index (χ4n) is 2.46. The molecule has 17 heavy (non-hydrogen) atoms. The first-order valence-corrected chi connectivity index (χ1v) is 6.53. The van der Waals surface area contributed by atoms with Crippen LogP contribution in [-0.4, -0.2) is 35.9 Å². The van der Waals surface area contributed by atoms with E-state index in [9.17, 15) is 4.79 Å². The van der Waals surface area contributed by atoms with E-state index in [1.54, 1.807) is 0 Å². The summed E-state index contributed by atoms with van der Waals surface area (Å²) in [6.07, 6.45) is 2.72.